The van der Waals surface area contributed by atoms with Gasteiger partial charge in [0.15, 0.2) is 0 Å². The third-order valence-corrected chi connectivity index (χ3v) is 4.15. The average Bonchev–Trinajstić information content (AvgIpc) is 3.09. The topological polar surface area (TPSA) is 80.5 Å². The largest absolute Gasteiger partial charge is 0.383 e. The number of nitrogens with zero attached hydrogens (tertiary/aromatic N) is 4. The zero-order valence-corrected chi connectivity index (χ0v) is 12.0. The molecule has 1 aromatic carbocycles. The molecular formula is C17H13N5. The van der Waals surface area contributed by atoms with Gasteiger partial charge in [0.1, 0.15) is 17.5 Å². The number of hydrogen-bond acceptors (Lipinski definition) is 4. The first-order valence-electron chi connectivity index (χ1n) is 6.99. The number of nitrogens with two attached hydrogens (primary N) is 1. The molecule has 0 atom stereocenters. The minimum absolute atomic E-state index is 0.272. The Morgan fingerprint density at radius 3 is 2.82 bits per heavy atom. The molecule has 1 aliphatic carbocycles. The molecule has 2 N–H and O–H groups in total. The summed E-state index contributed by atoms with van der Waals surface area (Å²) >= 11 is 0. The predicted octanol–water partition coefficient (Wildman–Crippen LogP) is 2.51. The number of nitrogen functional groups attached to an aromatic ring is 1. The van der Waals surface area contributed by atoms with Crippen LogP contribution in [0, 0.1) is 11.3 Å². The SMILES string of the molecule is Cn1nccc1-c1c(C#N)c(N)nc2c1Cc1ccccc1-2. The van der Waals surface area contributed by atoms with Gasteiger partial charge in [-0.15, -0.1) is 0 Å². The third-order valence-electron chi connectivity index (χ3n) is 4.15. The van der Waals surface area contributed by atoms with Gasteiger partial charge >= 0.3 is 0 Å². The van der Waals surface area contributed by atoms with Crippen molar-refractivity contribution in [3.05, 3.63) is 53.2 Å². The molecule has 3 aromatic rings. The number of aryl methyl sites for hydroxylation is 1. The van der Waals surface area contributed by atoms with Gasteiger partial charge in [-0.3, -0.25) is 4.68 Å². The molecule has 0 fully saturated rings. The number of fused-ring (bicyclic) bond motifs is 3. The van der Waals surface area contributed by atoms with Gasteiger partial charge in [0.05, 0.1) is 11.4 Å². The number of pyridine rings is 1. The van der Waals surface area contributed by atoms with E-state index in [-0.39, 0.29) is 5.82 Å². The van der Waals surface area contributed by atoms with E-state index in [9.17, 15) is 5.26 Å². The lowest BCUT2D eigenvalue weighted by molar-refractivity contribution is 0.775. The molecule has 106 valence electrons. The highest BCUT2D eigenvalue weighted by molar-refractivity contribution is 5.87. The fraction of sp³-hybridized carbons (Fsp3) is 0.118. The molecule has 0 unspecified atom stereocenters. The molecule has 0 saturated heterocycles. The molecule has 0 bridgehead atoms. The van der Waals surface area contributed by atoms with E-state index >= 15 is 0 Å². The van der Waals surface area contributed by atoms with Crippen LogP contribution < -0.4 is 5.73 Å². The number of nitriles is 1. The molecule has 0 spiro atoms. The van der Waals surface area contributed by atoms with Gasteiger partial charge in [-0.05, 0) is 17.2 Å². The van der Waals surface area contributed by atoms with Gasteiger partial charge in [0.2, 0.25) is 0 Å². The Hall–Kier alpha value is -3.13. The second-order valence-corrected chi connectivity index (χ2v) is 5.36. The summed E-state index contributed by atoms with van der Waals surface area (Å²) < 4.78 is 1.76. The molecule has 2 aromatic heterocycles. The summed E-state index contributed by atoms with van der Waals surface area (Å²) in [6.07, 6.45) is 2.48. The van der Waals surface area contributed by atoms with Crippen LogP contribution in [0.2, 0.25) is 0 Å². The van der Waals surface area contributed by atoms with Gasteiger partial charge in [0.25, 0.3) is 0 Å². The van der Waals surface area contributed by atoms with Crippen LogP contribution in [0.3, 0.4) is 0 Å². The van der Waals surface area contributed by atoms with Crippen molar-refractivity contribution in [2.45, 2.75) is 6.42 Å². The summed E-state index contributed by atoms with van der Waals surface area (Å²) in [5.74, 6) is 0.272. The molecule has 1 aliphatic rings. The maximum Gasteiger partial charge on any atom is 0.142 e. The van der Waals surface area contributed by atoms with Gasteiger partial charge in [-0.1, -0.05) is 24.3 Å². The van der Waals surface area contributed by atoms with Crippen LogP contribution in [0.5, 0.6) is 0 Å². The third kappa shape index (κ3) is 1.58. The Bertz CT molecular complexity index is 946. The number of hydrogen-bond donors (Lipinski definition) is 1. The van der Waals surface area contributed by atoms with E-state index in [1.807, 2.05) is 31.3 Å². The minimum atomic E-state index is 0.272. The van der Waals surface area contributed by atoms with Crippen molar-refractivity contribution in [3.8, 4) is 28.6 Å². The van der Waals surface area contributed by atoms with Crippen molar-refractivity contribution >= 4 is 5.82 Å². The highest BCUT2D eigenvalue weighted by atomic mass is 15.3. The smallest absolute Gasteiger partial charge is 0.142 e. The van der Waals surface area contributed by atoms with Gasteiger partial charge in [-0.2, -0.15) is 10.4 Å². The van der Waals surface area contributed by atoms with E-state index in [4.69, 9.17) is 5.73 Å². The minimum Gasteiger partial charge on any atom is -0.383 e. The van der Waals surface area contributed by atoms with Crippen LogP contribution in [0.15, 0.2) is 36.5 Å². The molecule has 2 heterocycles. The summed E-state index contributed by atoms with van der Waals surface area (Å²) in [5.41, 5.74) is 12.4. The van der Waals surface area contributed by atoms with Crippen molar-refractivity contribution in [2.24, 2.45) is 7.05 Å². The van der Waals surface area contributed by atoms with Crippen LogP contribution in [-0.2, 0) is 13.5 Å². The standard InChI is InChI=1S/C17H13N5/c1-22-14(6-7-20-22)15-12-8-10-4-2-3-5-11(10)16(12)21-17(19)13(15)9-18/h2-7H,8H2,1H3,(H2,19,21). The summed E-state index contributed by atoms with van der Waals surface area (Å²) in [7, 11) is 1.86. The van der Waals surface area contributed by atoms with Crippen LogP contribution in [0.4, 0.5) is 5.82 Å². The zero-order chi connectivity index (χ0) is 15.3. The average molecular weight is 287 g/mol. The maximum absolute atomic E-state index is 9.54. The van der Waals surface area contributed by atoms with Crippen LogP contribution in [0.25, 0.3) is 22.5 Å². The fourth-order valence-electron chi connectivity index (χ4n) is 3.15. The summed E-state index contributed by atoms with van der Waals surface area (Å²) in [6.45, 7) is 0. The van der Waals surface area contributed by atoms with Gasteiger partial charge < -0.3 is 5.73 Å². The fourth-order valence-corrected chi connectivity index (χ4v) is 3.15. The molecule has 0 saturated carbocycles. The molecule has 0 amide bonds. The van der Waals surface area contributed by atoms with E-state index in [2.05, 4.69) is 22.2 Å². The van der Waals surface area contributed by atoms with Crippen molar-refractivity contribution < 1.29 is 0 Å². The lowest BCUT2D eigenvalue weighted by Gasteiger charge is -2.12. The number of benzene rings is 1. The quantitative estimate of drug-likeness (QED) is 0.583. The predicted molar refractivity (Wildman–Crippen MR) is 83.8 cm³/mol. The van der Waals surface area contributed by atoms with Gasteiger partial charge in [-0.25, -0.2) is 4.98 Å². The number of aromatic nitrogens is 3. The lowest BCUT2D eigenvalue weighted by atomic mass is 9.98. The van der Waals surface area contributed by atoms with Gasteiger partial charge in [0, 0.05) is 30.8 Å². The Balaban J connectivity index is 2.10. The number of anilines is 1. The Morgan fingerprint density at radius 1 is 1.27 bits per heavy atom. The molecule has 0 radical (unpaired) electrons. The maximum atomic E-state index is 9.54. The second-order valence-electron chi connectivity index (χ2n) is 5.36. The molecule has 0 aliphatic heterocycles. The van der Waals surface area contributed by atoms with Crippen LogP contribution >= 0.6 is 0 Å². The molecule has 4 rings (SSSR count). The Labute approximate surface area is 127 Å². The lowest BCUT2D eigenvalue weighted by Crippen LogP contribution is -2.05. The number of rotatable bonds is 1. The van der Waals surface area contributed by atoms with E-state index < -0.39 is 0 Å². The van der Waals surface area contributed by atoms with Crippen LogP contribution in [0.1, 0.15) is 16.7 Å². The summed E-state index contributed by atoms with van der Waals surface area (Å²) in [4.78, 5) is 4.49. The van der Waals surface area contributed by atoms with Crippen molar-refractivity contribution in [1.29, 1.82) is 5.26 Å². The van der Waals surface area contributed by atoms with E-state index in [0.717, 1.165) is 34.5 Å². The Kier molecular flexibility index (Phi) is 2.54. The summed E-state index contributed by atoms with van der Waals surface area (Å²) in [5, 5.41) is 13.8. The monoisotopic (exact) mass is 287 g/mol. The van der Waals surface area contributed by atoms with Crippen LogP contribution in [-0.4, -0.2) is 14.8 Å². The highest BCUT2D eigenvalue weighted by Crippen LogP contribution is 2.43. The molecule has 22 heavy (non-hydrogen) atoms. The summed E-state index contributed by atoms with van der Waals surface area (Å²) in [6, 6.07) is 12.3. The first-order valence-corrected chi connectivity index (χ1v) is 6.99. The van der Waals surface area contributed by atoms with Crippen molar-refractivity contribution in [2.75, 3.05) is 5.73 Å². The molecule has 5 heteroatoms. The first-order chi connectivity index (χ1) is 10.7. The van der Waals surface area contributed by atoms with E-state index in [0.29, 0.717) is 5.56 Å². The first kappa shape index (κ1) is 12.6. The van der Waals surface area contributed by atoms with Crippen molar-refractivity contribution in [1.82, 2.24) is 14.8 Å². The van der Waals surface area contributed by atoms with E-state index in [1.165, 1.54) is 5.56 Å². The molecular weight excluding hydrogens is 274 g/mol. The normalized spacial score (nSPS) is 11.8. The highest BCUT2D eigenvalue weighted by Gasteiger charge is 2.28. The molecule has 5 nitrogen and oxygen atoms in total. The van der Waals surface area contributed by atoms with Crippen molar-refractivity contribution in [3.63, 3.8) is 0 Å². The zero-order valence-electron chi connectivity index (χ0n) is 12.0. The Morgan fingerprint density at radius 2 is 2.09 bits per heavy atom. The second kappa shape index (κ2) is 4.43. The van der Waals surface area contributed by atoms with E-state index in [1.54, 1.807) is 10.9 Å².